The fourth-order valence-corrected chi connectivity index (χ4v) is 1.28. The summed E-state index contributed by atoms with van der Waals surface area (Å²) in [5, 5.41) is 19.6. The summed E-state index contributed by atoms with van der Waals surface area (Å²) in [4.78, 5) is 21.7. The van der Waals surface area contributed by atoms with Crippen molar-refractivity contribution in [2.75, 3.05) is 25.6 Å². The Morgan fingerprint density at radius 1 is 1.42 bits per heavy atom. The fraction of sp³-hybridized carbons (Fsp3) is 0.250. The van der Waals surface area contributed by atoms with E-state index >= 15 is 0 Å². The molecule has 0 radical (unpaired) electrons. The predicted octanol–water partition coefficient (Wildman–Crippen LogP) is 0.607. The van der Waals surface area contributed by atoms with Gasteiger partial charge in [0.15, 0.2) is 0 Å². The molecule has 1 rings (SSSR count). The van der Waals surface area contributed by atoms with Crippen LogP contribution in [-0.4, -0.2) is 37.3 Å². The van der Waals surface area contributed by atoms with E-state index in [0.29, 0.717) is 17.0 Å². The van der Waals surface area contributed by atoms with E-state index in [1.165, 1.54) is 25.3 Å². The first-order valence-electron chi connectivity index (χ1n) is 5.24. The van der Waals surface area contributed by atoms with Gasteiger partial charge >= 0.3 is 5.97 Å². The van der Waals surface area contributed by atoms with Crippen LogP contribution in [-0.2, 0) is 14.3 Å². The summed E-state index contributed by atoms with van der Waals surface area (Å²) in [5.41, 5.74) is 0.780. The minimum atomic E-state index is -1.15. The number of carbonyl (C=O) groups is 2. The number of nitriles is 1. The number of carboxylic acid groups (broad SMARTS) is 1. The Bertz CT molecular complexity index is 521. The number of carboxylic acids is 1. The van der Waals surface area contributed by atoms with Gasteiger partial charge in [-0.25, -0.2) is 4.79 Å². The van der Waals surface area contributed by atoms with E-state index in [2.05, 4.69) is 10.1 Å². The van der Waals surface area contributed by atoms with Crippen LogP contribution in [0.1, 0.15) is 5.56 Å². The zero-order valence-corrected chi connectivity index (χ0v) is 10.2. The molecule has 0 spiro atoms. The van der Waals surface area contributed by atoms with Crippen LogP contribution < -0.4 is 10.1 Å². The maximum Gasteiger partial charge on any atom is 0.329 e. The minimum Gasteiger partial charge on any atom is -0.495 e. The SMILES string of the molecule is COc1cc(C#N)ccc1NC(=O)COCC(=O)O. The Morgan fingerprint density at radius 3 is 2.74 bits per heavy atom. The van der Waals surface area contributed by atoms with Crippen molar-refractivity contribution in [1.29, 1.82) is 5.26 Å². The number of nitrogens with one attached hydrogen (secondary N) is 1. The molecule has 7 nitrogen and oxygen atoms in total. The summed E-state index contributed by atoms with van der Waals surface area (Å²) in [6.07, 6.45) is 0. The maximum absolute atomic E-state index is 11.5. The van der Waals surface area contributed by atoms with Crippen molar-refractivity contribution >= 4 is 17.6 Å². The molecule has 0 heterocycles. The lowest BCUT2D eigenvalue weighted by atomic mass is 10.2. The van der Waals surface area contributed by atoms with Crippen LogP contribution in [0.4, 0.5) is 5.69 Å². The smallest absolute Gasteiger partial charge is 0.329 e. The van der Waals surface area contributed by atoms with Gasteiger partial charge in [-0.15, -0.1) is 0 Å². The molecule has 0 saturated carbocycles. The molecular weight excluding hydrogens is 252 g/mol. The topological polar surface area (TPSA) is 109 Å². The van der Waals surface area contributed by atoms with Crippen LogP contribution in [0, 0.1) is 11.3 Å². The molecule has 0 atom stereocenters. The van der Waals surface area contributed by atoms with Gasteiger partial charge in [0.1, 0.15) is 19.0 Å². The molecule has 0 saturated heterocycles. The second-order valence-corrected chi connectivity index (χ2v) is 3.46. The van der Waals surface area contributed by atoms with Crippen LogP contribution in [0.3, 0.4) is 0 Å². The van der Waals surface area contributed by atoms with Gasteiger partial charge in [0, 0.05) is 6.07 Å². The quantitative estimate of drug-likeness (QED) is 0.779. The first-order valence-corrected chi connectivity index (χ1v) is 5.24. The average Bonchev–Trinajstić information content (AvgIpc) is 2.38. The lowest BCUT2D eigenvalue weighted by Crippen LogP contribution is -2.21. The lowest BCUT2D eigenvalue weighted by Gasteiger charge is -2.10. The Hall–Kier alpha value is -2.59. The number of nitrogens with zero attached hydrogens (tertiary/aromatic N) is 1. The molecule has 100 valence electrons. The van der Waals surface area contributed by atoms with Crippen LogP contribution in [0.15, 0.2) is 18.2 Å². The van der Waals surface area contributed by atoms with Crippen molar-refractivity contribution in [3.05, 3.63) is 23.8 Å². The number of hydrogen-bond acceptors (Lipinski definition) is 5. The first kappa shape index (κ1) is 14.5. The highest BCUT2D eigenvalue weighted by molar-refractivity contribution is 5.93. The number of aliphatic carboxylic acids is 1. The third-order valence-electron chi connectivity index (χ3n) is 2.06. The van der Waals surface area contributed by atoms with Crippen LogP contribution in [0.2, 0.25) is 0 Å². The molecule has 0 aliphatic rings. The van der Waals surface area contributed by atoms with Crippen molar-refractivity contribution in [1.82, 2.24) is 0 Å². The molecular formula is C12H12N2O5. The monoisotopic (exact) mass is 264 g/mol. The van der Waals surface area contributed by atoms with Crippen molar-refractivity contribution < 1.29 is 24.2 Å². The van der Waals surface area contributed by atoms with Crippen molar-refractivity contribution in [2.24, 2.45) is 0 Å². The Morgan fingerprint density at radius 2 is 2.16 bits per heavy atom. The Balaban J connectivity index is 2.64. The van der Waals surface area contributed by atoms with Crippen LogP contribution in [0.5, 0.6) is 5.75 Å². The molecule has 0 aromatic heterocycles. The van der Waals surface area contributed by atoms with Gasteiger partial charge in [0.25, 0.3) is 0 Å². The second kappa shape index (κ2) is 6.98. The van der Waals surface area contributed by atoms with E-state index < -0.39 is 18.5 Å². The minimum absolute atomic E-state index is 0.339. The average molecular weight is 264 g/mol. The third kappa shape index (κ3) is 4.65. The first-order chi connectivity index (χ1) is 9.06. The molecule has 1 aromatic rings. The van der Waals surface area contributed by atoms with Gasteiger partial charge < -0.3 is 19.9 Å². The molecule has 0 aliphatic carbocycles. The van der Waals surface area contributed by atoms with Gasteiger partial charge in [-0.05, 0) is 12.1 Å². The van der Waals surface area contributed by atoms with Gasteiger partial charge in [-0.3, -0.25) is 4.79 Å². The molecule has 0 bridgehead atoms. The molecule has 0 fully saturated rings. The summed E-state index contributed by atoms with van der Waals surface area (Å²) in [7, 11) is 1.41. The number of rotatable bonds is 6. The number of amides is 1. The standard InChI is InChI=1S/C12H12N2O5/c1-18-10-4-8(5-13)2-3-9(10)14-11(15)6-19-7-12(16)17/h2-4H,6-7H2,1H3,(H,14,15)(H,16,17). The molecule has 1 amide bonds. The summed E-state index contributed by atoms with van der Waals surface area (Å²) in [6, 6.07) is 6.47. The van der Waals surface area contributed by atoms with Gasteiger partial charge in [0.2, 0.25) is 5.91 Å². The zero-order valence-electron chi connectivity index (χ0n) is 10.2. The molecule has 7 heteroatoms. The predicted molar refractivity (Wildman–Crippen MR) is 64.8 cm³/mol. The van der Waals surface area contributed by atoms with E-state index in [9.17, 15) is 9.59 Å². The third-order valence-corrected chi connectivity index (χ3v) is 2.06. The number of benzene rings is 1. The second-order valence-electron chi connectivity index (χ2n) is 3.46. The lowest BCUT2D eigenvalue weighted by molar-refractivity contribution is -0.143. The van der Waals surface area contributed by atoms with Crippen LogP contribution in [0.25, 0.3) is 0 Å². The van der Waals surface area contributed by atoms with Gasteiger partial charge in [-0.2, -0.15) is 5.26 Å². The van der Waals surface area contributed by atoms with Crippen molar-refractivity contribution in [3.8, 4) is 11.8 Å². The highest BCUT2D eigenvalue weighted by Gasteiger charge is 2.09. The van der Waals surface area contributed by atoms with Crippen molar-refractivity contribution in [2.45, 2.75) is 0 Å². The van der Waals surface area contributed by atoms with Gasteiger partial charge in [-0.1, -0.05) is 0 Å². The Labute approximate surface area is 109 Å². The normalized spacial score (nSPS) is 9.47. The molecule has 2 N–H and O–H groups in total. The summed E-state index contributed by atoms with van der Waals surface area (Å²) >= 11 is 0. The largest absolute Gasteiger partial charge is 0.495 e. The number of ether oxygens (including phenoxy) is 2. The molecule has 0 aliphatic heterocycles. The Kier molecular flexibility index (Phi) is 5.32. The van der Waals surface area contributed by atoms with Gasteiger partial charge in [0.05, 0.1) is 24.4 Å². The van der Waals surface area contributed by atoms with E-state index in [1.54, 1.807) is 0 Å². The molecule has 19 heavy (non-hydrogen) atoms. The van der Waals surface area contributed by atoms with Crippen molar-refractivity contribution in [3.63, 3.8) is 0 Å². The summed E-state index contributed by atoms with van der Waals surface area (Å²) in [6.45, 7) is -0.923. The summed E-state index contributed by atoms with van der Waals surface area (Å²) in [5.74, 6) is -1.32. The summed E-state index contributed by atoms with van der Waals surface area (Å²) < 4.78 is 9.67. The van der Waals surface area contributed by atoms with E-state index in [0.717, 1.165) is 0 Å². The zero-order chi connectivity index (χ0) is 14.3. The molecule has 0 unspecified atom stereocenters. The number of hydrogen-bond donors (Lipinski definition) is 2. The van der Waals surface area contributed by atoms with E-state index in [4.69, 9.17) is 15.1 Å². The number of carbonyl (C=O) groups excluding carboxylic acids is 1. The number of methoxy groups -OCH3 is 1. The maximum atomic E-state index is 11.5. The number of anilines is 1. The van der Waals surface area contributed by atoms with Crippen LogP contribution >= 0.6 is 0 Å². The van der Waals surface area contributed by atoms with E-state index in [-0.39, 0.29) is 6.61 Å². The fourth-order valence-electron chi connectivity index (χ4n) is 1.28. The highest BCUT2D eigenvalue weighted by Crippen LogP contribution is 2.25. The highest BCUT2D eigenvalue weighted by atomic mass is 16.5. The van der Waals surface area contributed by atoms with E-state index in [1.807, 2.05) is 6.07 Å². The molecule has 1 aromatic carbocycles.